The Bertz CT molecular complexity index is 635. The highest BCUT2D eigenvalue weighted by Crippen LogP contribution is 2.54. The topological polar surface area (TPSA) is 51.1 Å². The molecule has 5 heteroatoms. The first-order valence-electron chi connectivity index (χ1n) is 10.4. The van der Waals surface area contributed by atoms with Crippen molar-refractivity contribution in [2.75, 3.05) is 32.7 Å². The summed E-state index contributed by atoms with van der Waals surface area (Å²) in [6, 6.07) is 0. The molecule has 5 nitrogen and oxygen atoms in total. The van der Waals surface area contributed by atoms with Crippen LogP contribution in [0.25, 0.3) is 0 Å². The molecule has 0 spiro atoms. The van der Waals surface area contributed by atoms with Gasteiger partial charge in [-0.05, 0) is 44.4 Å². The largest absolute Gasteiger partial charge is 0.462 e. The number of piperazine rings is 1. The number of carbonyl (C=O) groups is 2. The van der Waals surface area contributed by atoms with E-state index in [1.807, 2.05) is 4.90 Å². The summed E-state index contributed by atoms with van der Waals surface area (Å²) in [6.07, 6.45) is 5.91. The summed E-state index contributed by atoms with van der Waals surface area (Å²) >= 11 is 0. The zero-order valence-electron chi connectivity index (χ0n) is 16.5. The van der Waals surface area contributed by atoms with Crippen LogP contribution in [0.3, 0.4) is 0 Å². The highest BCUT2D eigenvalue weighted by atomic mass is 16.6. The van der Waals surface area contributed by atoms with Gasteiger partial charge in [0.2, 0.25) is 5.91 Å². The van der Waals surface area contributed by atoms with Crippen LogP contribution in [0.15, 0.2) is 11.1 Å². The van der Waals surface area contributed by atoms with Gasteiger partial charge in [-0.15, -0.1) is 0 Å². The molecule has 4 aliphatic rings. The van der Waals surface area contributed by atoms with Crippen molar-refractivity contribution in [2.24, 2.45) is 17.3 Å². The maximum Gasteiger partial charge on any atom is 0.315 e. The van der Waals surface area contributed by atoms with E-state index in [4.69, 9.17) is 4.74 Å². The third-order valence-corrected chi connectivity index (χ3v) is 7.60. The Hall–Kier alpha value is -1.36. The Morgan fingerprint density at radius 3 is 2.77 bits per heavy atom. The van der Waals surface area contributed by atoms with Crippen molar-refractivity contribution in [1.29, 1.82) is 0 Å². The maximum atomic E-state index is 12.7. The van der Waals surface area contributed by atoms with Crippen molar-refractivity contribution in [3.05, 3.63) is 11.1 Å². The molecule has 4 rings (SSSR count). The first-order chi connectivity index (χ1) is 12.4. The lowest BCUT2D eigenvalue weighted by Crippen LogP contribution is -3.15. The molecule has 2 aliphatic carbocycles. The number of nitrogens with zero attached hydrogens (tertiary/aromatic N) is 1. The fourth-order valence-corrected chi connectivity index (χ4v) is 6.00. The van der Waals surface area contributed by atoms with Gasteiger partial charge in [-0.25, -0.2) is 0 Å². The van der Waals surface area contributed by atoms with Crippen LogP contribution >= 0.6 is 0 Å². The molecule has 26 heavy (non-hydrogen) atoms. The van der Waals surface area contributed by atoms with Crippen molar-refractivity contribution < 1.29 is 19.2 Å². The fourth-order valence-electron chi connectivity index (χ4n) is 6.00. The zero-order valence-corrected chi connectivity index (χ0v) is 16.5. The Morgan fingerprint density at radius 1 is 1.35 bits per heavy atom. The smallest absolute Gasteiger partial charge is 0.315 e. The van der Waals surface area contributed by atoms with Crippen molar-refractivity contribution in [2.45, 2.75) is 59.0 Å². The number of amides is 1. The Labute approximate surface area is 156 Å². The standard InChI is InChI=1S/C21H32N2O3/c1-14-5-4-6-21(3)12-19-16(11-18(14)21)17(20(25)26-19)13-22-7-9-23(10-8-22)15(2)24/h16-17,19H,4-13H2,1-3H3/p+1/t16-,17-,19-,21-/m1/s1. The van der Waals surface area contributed by atoms with Crippen LogP contribution in [-0.4, -0.2) is 55.6 Å². The summed E-state index contributed by atoms with van der Waals surface area (Å²) < 4.78 is 5.89. The summed E-state index contributed by atoms with van der Waals surface area (Å²) in [4.78, 5) is 27.6. The van der Waals surface area contributed by atoms with Gasteiger partial charge in [0.05, 0.1) is 32.7 Å². The summed E-state index contributed by atoms with van der Waals surface area (Å²) in [5.41, 5.74) is 3.45. The molecular formula is C21H33N2O3+. The van der Waals surface area contributed by atoms with E-state index < -0.39 is 0 Å². The highest BCUT2D eigenvalue weighted by molar-refractivity contribution is 5.75. The molecule has 1 saturated carbocycles. The Morgan fingerprint density at radius 2 is 2.08 bits per heavy atom. The molecule has 1 N–H and O–H groups in total. The molecular weight excluding hydrogens is 328 g/mol. The predicted octanol–water partition coefficient (Wildman–Crippen LogP) is 1.19. The molecule has 2 heterocycles. The van der Waals surface area contributed by atoms with E-state index in [1.54, 1.807) is 18.1 Å². The first-order valence-corrected chi connectivity index (χ1v) is 10.4. The second-order valence-electron chi connectivity index (χ2n) is 9.29. The van der Waals surface area contributed by atoms with Crippen LogP contribution in [0.5, 0.6) is 0 Å². The summed E-state index contributed by atoms with van der Waals surface area (Å²) in [7, 11) is 0. The van der Waals surface area contributed by atoms with Crippen LogP contribution in [0.1, 0.15) is 52.9 Å². The van der Waals surface area contributed by atoms with Crippen LogP contribution in [0.2, 0.25) is 0 Å². The molecule has 3 fully saturated rings. The third-order valence-electron chi connectivity index (χ3n) is 7.60. The average molecular weight is 362 g/mol. The van der Waals surface area contributed by atoms with E-state index in [-0.39, 0.29) is 29.3 Å². The lowest BCUT2D eigenvalue weighted by Gasteiger charge is -2.45. The minimum absolute atomic E-state index is 0.0296. The number of nitrogens with one attached hydrogen (secondary N) is 1. The van der Waals surface area contributed by atoms with Gasteiger partial charge >= 0.3 is 5.97 Å². The Balaban J connectivity index is 1.45. The van der Waals surface area contributed by atoms with Gasteiger partial charge in [0.15, 0.2) is 0 Å². The van der Waals surface area contributed by atoms with E-state index in [2.05, 4.69) is 13.8 Å². The number of fused-ring (bicyclic) bond motifs is 2. The number of hydrogen-bond donors (Lipinski definition) is 1. The predicted molar refractivity (Wildman–Crippen MR) is 98.6 cm³/mol. The number of carbonyl (C=O) groups excluding carboxylic acids is 2. The summed E-state index contributed by atoms with van der Waals surface area (Å²) in [5.74, 6) is 0.584. The number of quaternary nitrogens is 1. The van der Waals surface area contributed by atoms with Gasteiger partial charge < -0.3 is 14.5 Å². The normalized spacial score (nSPS) is 38.0. The van der Waals surface area contributed by atoms with E-state index in [0.717, 1.165) is 45.6 Å². The van der Waals surface area contributed by atoms with Gasteiger partial charge in [0.1, 0.15) is 12.0 Å². The van der Waals surface area contributed by atoms with Crippen molar-refractivity contribution >= 4 is 11.9 Å². The van der Waals surface area contributed by atoms with Gasteiger partial charge in [-0.1, -0.05) is 18.1 Å². The van der Waals surface area contributed by atoms with Crippen LogP contribution in [-0.2, 0) is 14.3 Å². The number of ether oxygens (including phenoxy) is 1. The molecule has 0 unspecified atom stereocenters. The van der Waals surface area contributed by atoms with Gasteiger partial charge in [0, 0.05) is 12.8 Å². The van der Waals surface area contributed by atoms with Gasteiger partial charge in [-0.2, -0.15) is 0 Å². The molecule has 144 valence electrons. The minimum atomic E-state index is 0.0296. The monoisotopic (exact) mass is 361 g/mol. The lowest BCUT2D eigenvalue weighted by molar-refractivity contribution is -0.906. The first kappa shape index (κ1) is 18.0. The maximum absolute atomic E-state index is 12.7. The highest BCUT2D eigenvalue weighted by Gasteiger charge is 2.54. The Kier molecular flexibility index (Phi) is 4.62. The van der Waals surface area contributed by atoms with Crippen LogP contribution in [0, 0.1) is 17.3 Å². The average Bonchev–Trinajstić information content (AvgIpc) is 2.88. The van der Waals surface area contributed by atoms with Gasteiger partial charge in [-0.3, -0.25) is 9.59 Å². The molecule has 2 aliphatic heterocycles. The van der Waals surface area contributed by atoms with E-state index in [9.17, 15) is 9.59 Å². The zero-order chi connectivity index (χ0) is 18.5. The second-order valence-corrected chi connectivity index (χ2v) is 9.29. The van der Waals surface area contributed by atoms with Gasteiger partial charge in [0.25, 0.3) is 0 Å². The van der Waals surface area contributed by atoms with Crippen molar-refractivity contribution in [1.82, 2.24) is 4.90 Å². The summed E-state index contributed by atoms with van der Waals surface area (Å²) in [5, 5.41) is 0. The van der Waals surface area contributed by atoms with Crippen LogP contribution < -0.4 is 4.90 Å². The number of allylic oxidation sites excluding steroid dienone is 2. The molecule has 0 aromatic heterocycles. The number of hydrogen-bond acceptors (Lipinski definition) is 3. The van der Waals surface area contributed by atoms with Crippen LogP contribution in [0.4, 0.5) is 0 Å². The minimum Gasteiger partial charge on any atom is -0.462 e. The molecule has 0 bridgehead atoms. The molecule has 2 saturated heterocycles. The fraction of sp³-hybridized carbons (Fsp3) is 0.810. The third kappa shape index (κ3) is 3.08. The molecule has 0 aromatic carbocycles. The molecule has 0 aromatic rings. The number of esters is 1. The van der Waals surface area contributed by atoms with E-state index in [1.165, 1.54) is 24.2 Å². The molecule has 1 amide bonds. The molecule has 0 radical (unpaired) electrons. The SMILES string of the molecule is CC(=O)N1CC[NH+](C[C@H]2C(=O)O[C@@H]3C[C@@]4(C)CCCC(C)=C4C[C@@H]32)CC1. The van der Waals surface area contributed by atoms with E-state index in [0.29, 0.717) is 5.92 Å². The van der Waals surface area contributed by atoms with Crippen molar-refractivity contribution in [3.8, 4) is 0 Å². The van der Waals surface area contributed by atoms with E-state index >= 15 is 0 Å². The lowest BCUT2D eigenvalue weighted by atomic mass is 9.59. The van der Waals surface area contributed by atoms with Crippen molar-refractivity contribution in [3.63, 3.8) is 0 Å². The molecule has 4 atom stereocenters. The number of rotatable bonds is 2. The second kappa shape index (κ2) is 6.66. The quantitative estimate of drug-likeness (QED) is 0.594. The summed E-state index contributed by atoms with van der Waals surface area (Å²) in [6.45, 7) is 10.7.